The first-order chi connectivity index (χ1) is 9.60. The summed E-state index contributed by atoms with van der Waals surface area (Å²) in [7, 11) is 0. The third-order valence-electron chi connectivity index (χ3n) is 2.63. The van der Waals surface area contributed by atoms with Crippen LogP contribution in [0.25, 0.3) is 21.6 Å². The molecule has 0 saturated carbocycles. The van der Waals surface area contributed by atoms with E-state index in [4.69, 9.17) is 23.2 Å². The van der Waals surface area contributed by atoms with Crippen molar-refractivity contribution in [3.05, 3.63) is 27.7 Å². The van der Waals surface area contributed by atoms with Crippen LogP contribution >= 0.6 is 46.3 Å². The minimum absolute atomic E-state index is 0.0254. The standard InChI is InChI=1S/C12H7Cl2N3OS2/c1-19-12-16-9(10-11(17-12)20-4-15-10)8-6(14)2-5(13)3-7(8)18/h2-4,18H,1H3. The zero-order valence-corrected chi connectivity index (χ0v) is 13.2. The van der Waals surface area contributed by atoms with Crippen LogP contribution < -0.4 is 0 Å². The lowest BCUT2D eigenvalue weighted by atomic mass is 10.1. The van der Waals surface area contributed by atoms with Crippen LogP contribution in [0.15, 0.2) is 22.8 Å². The Bertz CT molecular complexity index is 783. The Morgan fingerprint density at radius 3 is 2.75 bits per heavy atom. The predicted octanol–water partition coefficient (Wildman–Crippen LogP) is 4.49. The van der Waals surface area contributed by atoms with Crippen LogP contribution in [0, 0.1) is 0 Å². The number of thiazole rings is 1. The molecule has 2 aromatic heterocycles. The van der Waals surface area contributed by atoms with Gasteiger partial charge in [0.2, 0.25) is 0 Å². The molecule has 0 amide bonds. The van der Waals surface area contributed by atoms with Crippen molar-refractivity contribution in [3.8, 4) is 17.0 Å². The lowest BCUT2D eigenvalue weighted by Gasteiger charge is -2.08. The van der Waals surface area contributed by atoms with E-state index in [-0.39, 0.29) is 5.75 Å². The van der Waals surface area contributed by atoms with E-state index in [0.29, 0.717) is 32.0 Å². The first kappa shape index (κ1) is 13.9. The van der Waals surface area contributed by atoms with Crippen LogP contribution in [0.2, 0.25) is 10.0 Å². The van der Waals surface area contributed by atoms with E-state index in [1.807, 2.05) is 6.26 Å². The third-order valence-corrected chi connectivity index (χ3v) is 4.41. The number of halogens is 2. The molecule has 0 aliphatic heterocycles. The first-order valence-corrected chi connectivity index (χ1v) is 8.30. The molecule has 0 aliphatic carbocycles. The van der Waals surface area contributed by atoms with Gasteiger partial charge < -0.3 is 5.11 Å². The molecule has 0 spiro atoms. The van der Waals surface area contributed by atoms with Gasteiger partial charge in [-0.05, 0) is 18.4 Å². The van der Waals surface area contributed by atoms with Gasteiger partial charge in [-0.25, -0.2) is 15.0 Å². The zero-order chi connectivity index (χ0) is 14.3. The monoisotopic (exact) mass is 343 g/mol. The average Bonchev–Trinajstić information content (AvgIpc) is 2.85. The maximum Gasteiger partial charge on any atom is 0.189 e. The molecule has 0 saturated heterocycles. The van der Waals surface area contributed by atoms with E-state index in [9.17, 15) is 5.11 Å². The van der Waals surface area contributed by atoms with Crippen molar-refractivity contribution in [2.75, 3.05) is 6.26 Å². The summed E-state index contributed by atoms with van der Waals surface area (Å²) in [5.74, 6) is -0.0254. The Kier molecular flexibility index (Phi) is 3.72. The van der Waals surface area contributed by atoms with Crippen LogP contribution in [0.4, 0.5) is 0 Å². The molecule has 20 heavy (non-hydrogen) atoms. The lowest BCUT2D eigenvalue weighted by molar-refractivity contribution is 0.477. The number of hydrogen-bond donors (Lipinski definition) is 1. The molecule has 0 radical (unpaired) electrons. The lowest BCUT2D eigenvalue weighted by Crippen LogP contribution is -1.93. The smallest absolute Gasteiger partial charge is 0.189 e. The van der Waals surface area contributed by atoms with E-state index in [0.717, 1.165) is 4.83 Å². The molecule has 4 nitrogen and oxygen atoms in total. The Morgan fingerprint density at radius 2 is 2.05 bits per heavy atom. The number of rotatable bonds is 2. The average molecular weight is 344 g/mol. The SMILES string of the molecule is CSc1nc(-c2c(O)cc(Cl)cc2Cl)c2ncsc2n1. The van der Waals surface area contributed by atoms with Crippen molar-refractivity contribution >= 4 is 56.6 Å². The fraction of sp³-hybridized carbons (Fsp3) is 0.0833. The number of aromatic hydroxyl groups is 1. The number of nitrogens with zero attached hydrogens (tertiary/aromatic N) is 3. The molecule has 8 heteroatoms. The van der Waals surface area contributed by atoms with Gasteiger partial charge in [0, 0.05) is 5.02 Å². The van der Waals surface area contributed by atoms with Gasteiger partial charge in [0.15, 0.2) is 5.16 Å². The van der Waals surface area contributed by atoms with Crippen molar-refractivity contribution < 1.29 is 5.11 Å². The second-order valence-corrected chi connectivity index (χ2v) is 6.30. The predicted molar refractivity (Wildman–Crippen MR) is 84.1 cm³/mol. The number of aromatic nitrogens is 3. The summed E-state index contributed by atoms with van der Waals surface area (Å²) < 4.78 is 0. The van der Waals surface area contributed by atoms with Crippen molar-refractivity contribution in [1.82, 2.24) is 15.0 Å². The fourth-order valence-corrected chi connectivity index (χ4v) is 3.46. The number of phenolic OH excluding ortho intramolecular Hbond substituents is 1. The molecule has 3 aromatic rings. The van der Waals surface area contributed by atoms with Gasteiger partial charge in [0.25, 0.3) is 0 Å². The largest absolute Gasteiger partial charge is 0.507 e. The second kappa shape index (κ2) is 5.37. The van der Waals surface area contributed by atoms with E-state index >= 15 is 0 Å². The Morgan fingerprint density at radius 1 is 1.25 bits per heavy atom. The molecule has 102 valence electrons. The highest BCUT2D eigenvalue weighted by molar-refractivity contribution is 7.98. The van der Waals surface area contributed by atoms with Crippen molar-refractivity contribution in [1.29, 1.82) is 0 Å². The van der Waals surface area contributed by atoms with Gasteiger partial charge in [-0.1, -0.05) is 35.0 Å². The number of hydrogen-bond acceptors (Lipinski definition) is 6. The van der Waals surface area contributed by atoms with E-state index < -0.39 is 0 Å². The summed E-state index contributed by atoms with van der Waals surface area (Å²) in [4.78, 5) is 13.8. The Balaban J connectivity index is 2.37. The van der Waals surface area contributed by atoms with Crippen molar-refractivity contribution in [2.45, 2.75) is 5.16 Å². The van der Waals surface area contributed by atoms with Crippen molar-refractivity contribution in [3.63, 3.8) is 0 Å². The minimum Gasteiger partial charge on any atom is -0.507 e. The summed E-state index contributed by atoms with van der Waals surface area (Å²) in [6.07, 6.45) is 1.88. The van der Waals surface area contributed by atoms with E-state index in [1.165, 1.54) is 29.2 Å². The molecule has 0 fully saturated rings. The summed E-state index contributed by atoms with van der Waals surface area (Å²) in [6.45, 7) is 0. The maximum absolute atomic E-state index is 10.1. The maximum atomic E-state index is 10.1. The summed E-state index contributed by atoms with van der Waals surface area (Å²) in [6, 6.07) is 3.00. The van der Waals surface area contributed by atoms with Crippen LogP contribution in [0.5, 0.6) is 5.75 Å². The number of thioether (sulfide) groups is 1. The number of benzene rings is 1. The fourth-order valence-electron chi connectivity index (χ4n) is 1.80. The van der Waals surface area contributed by atoms with E-state index in [1.54, 1.807) is 11.6 Å². The van der Waals surface area contributed by atoms with E-state index in [2.05, 4.69) is 15.0 Å². The molecule has 1 aromatic carbocycles. The zero-order valence-electron chi connectivity index (χ0n) is 10.1. The van der Waals surface area contributed by atoms with Gasteiger partial charge in [0.1, 0.15) is 21.8 Å². The number of fused-ring (bicyclic) bond motifs is 1. The highest BCUT2D eigenvalue weighted by Gasteiger charge is 2.18. The Labute approximate surface area is 132 Å². The summed E-state index contributed by atoms with van der Waals surface area (Å²) >= 11 is 14.9. The van der Waals surface area contributed by atoms with Gasteiger partial charge in [-0.15, -0.1) is 11.3 Å². The van der Waals surface area contributed by atoms with Gasteiger partial charge in [-0.2, -0.15) is 0 Å². The molecular weight excluding hydrogens is 337 g/mol. The van der Waals surface area contributed by atoms with Gasteiger partial charge in [0.05, 0.1) is 16.1 Å². The molecule has 1 N–H and O–H groups in total. The molecule has 0 atom stereocenters. The highest BCUT2D eigenvalue weighted by Crippen LogP contribution is 2.40. The molecular formula is C12H7Cl2N3OS2. The molecule has 2 heterocycles. The third kappa shape index (κ3) is 2.33. The van der Waals surface area contributed by atoms with Crippen LogP contribution in [-0.2, 0) is 0 Å². The minimum atomic E-state index is -0.0254. The summed E-state index contributed by atoms with van der Waals surface area (Å²) in [5.41, 5.74) is 3.24. The first-order valence-electron chi connectivity index (χ1n) is 5.43. The quantitative estimate of drug-likeness (QED) is 0.548. The summed E-state index contributed by atoms with van der Waals surface area (Å²) in [5, 5.41) is 11.4. The molecule has 0 unspecified atom stereocenters. The number of phenols is 1. The highest BCUT2D eigenvalue weighted by atomic mass is 35.5. The second-order valence-electron chi connectivity index (χ2n) is 3.85. The normalized spacial score (nSPS) is 11.2. The molecule has 0 bridgehead atoms. The van der Waals surface area contributed by atoms with Crippen molar-refractivity contribution in [2.24, 2.45) is 0 Å². The Hall–Kier alpha value is -1.08. The van der Waals surface area contributed by atoms with Gasteiger partial charge >= 0.3 is 0 Å². The molecule has 3 rings (SSSR count). The van der Waals surface area contributed by atoms with Crippen LogP contribution in [-0.4, -0.2) is 26.3 Å². The molecule has 0 aliphatic rings. The topological polar surface area (TPSA) is 58.9 Å². The van der Waals surface area contributed by atoms with Gasteiger partial charge in [-0.3, -0.25) is 0 Å². The van der Waals surface area contributed by atoms with Crippen LogP contribution in [0.3, 0.4) is 0 Å². The van der Waals surface area contributed by atoms with Crippen LogP contribution in [0.1, 0.15) is 0 Å².